The van der Waals surface area contributed by atoms with Crippen LogP contribution < -0.4 is 5.32 Å². The molecule has 4 aromatic carbocycles. The fourth-order valence-corrected chi connectivity index (χ4v) is 5.51. The summed E-state index contributed by atoms with van der Waals surface area (Å²) >= 11 is 0. The third-order valence-electron chi connectivity index (χ3n) is 7.64. The molecule has 2 N–H and O–H groups in total. The van der Waals surface area contributed by atoms with E-state index < -0.39 is 17.7 Å². The highest BCUT2D eigenvalue weighted by Crippen LogP contribution is 2.39. The van der Waals surface area contributed by atoms with Gasteiger partial charge >= 0.3 is 12.1 Å². The number of halogens is 3. The second-order valence-corrected chi connectivity index (χ2v) is 11.3. The van der Waals surface area contributed by atoms with Crippen LogP contribution in [0.3, 0.4) is 0 Å². The van der Waals surface area contributed by atoms with E-state index >= 15 is 0 Å². The Balaban J connectivity index is 1.57. The molecule has 0 fully saturated rings. The molecule has 1 unspecified atom stereocenters. The van der Waals surface area contributed by atoms with Gasteiger partial charge in [-0.25, -0.2) is 0 Å². The lowest BCUT2D eigenvalue weighted by Crippen LogP contribution is -2.26. The lowest BCUT2D eigenvalue weighted by molar-refractivity contribution is -0.138. The quantitative estimate of drug-likeness (QED) is 0.169. The molecule has 8 heteroatoms. The maximum Gasteiger partial charge on any atom is 0.416 e. The number of nitrogens with zero attached hydrogens (tertiary/aromatic N) is 1. The van der Waals surface area contributed by atoms with Gasteiger partial charge in [0.1, 0.15) is 0 Å². The van der Waals surface area contributed by atoms with Crippen LogP contribution in [0.4, 0.5) is 13.2 Å². The Kier molecular flexibility index (Phi) is 8.90. The van der Waals surface area contributed by atoms with E-state index in [1.54, 1.807) is 12.1 Å². The van der Waals surface area contributed by atoms with E-state index in [-0.39, 0.29) is 24.9 Å². The molecule has 1 heterocycles. The third-order valence-corrected chi connectivity index (χ3v) is 7.64. The SMILES string of the molecule is CC(C)CC(c1ccc(C(=O)NCCC(=O)O)cc1)n1c(-c2ccccc2)cc2cc(-c3ccc(C(F)(F)F)cc3)ccc21. The van der Waals surface area contributed by atoms with Crippen molar-refractivity contribution >= 4 is 22.8 Å². The first-order valence-electron chi connectivity index (χ1n) is 14.5. The minimum absolute atomic E-state index is 0.0517. The number of carbonyl (C=O) groups is 2. The molecule has 1 aromatic heterocycles. The highest BCUT2D eigenvalue weighted by Gasteiger charge is 2.30. The first-order chi connectivity index (χ1) is 21.0. The van der Waals surface area contributed by atoms with Crippen molar-refractivity contribution in [2.24, 2.45) is 5.92 Å². The van der Waals surface area contributed by atoms with Crippen molar-refractivity contribution in [1.82, 2.24) is 9.88 Å². The Morgan fingerprint density at radius 3 is 2.09 bits per heavy atom. The van der Waals surface area contributed by atoms with Gasteiger partial charge in [-0.05, 0) is 77.1 Å². The predicted octanol–water partition coefficient (Wildman–Crippen LogP) is 8.83. The van der Waals surface area contributed by atoms with Crippen molar-refractivity contribution in [3.63, 3.8) is 0 Å². The summed E-state index contributed by atoms with van der Waals surface area (Å²) in [5.74, 6) is -0.964. The van der Waals surface area contributed by atoms with E-state index in [2.05, 4.69) is 41.9 Å². The number of nitrogens with one attached hydrogen (secondary N) is 1. The maximum atomic E-state index is 13.1. The van der Waals surface area contributed by atoms with Gasteiger partial charge in [0, 0.05) is 28.7 Å². The Hall–Kier alpha value is -4.85. The normalized spacial score (nSPS) is 12.4. The van der Waals surface area contributed by atoms with Gasteiger partial charge in [0.05, 0.1) is 18.0 Å². The molecular formula is C36H33F3N2O3. The van der Waals surface area contributed by atoms with E-state index in [4.69, 9.17) is 5.11 Å². The van der Waals surface area contributed by atoms with Crippen LogP contribution in [-0.4, -0.2) is 28.1 Å². The number of hydrogen-bond acceptors (Lipinski definition) is 2. The number of aromatic nitrogens is 1. The van der Waals surface area contributed by atoms with Gasteiger partial charge in [-0.2, -0.15) is 13.2 Å². The maximum absolute atomic E-state index is 13.1. The molecule has 0 radical (unpaired) electrons. The molecule has 5 rings (SSSR count). The largest absolute Gasteiger partial charge is 0.481 e. The summed E-state index contributed by atoms with van der Waals surface area (Å²) in [7, 11) is 0. The zero-order chi connectivity index (χ0) is 31.4. The van der Waals surface area contributed by atoms with Crippen LogP contribution in [0.5, 0.6) is 0 Å². The second kappa shape index (κ2) is 12.8. The van der Waals surface area contributed by atoms with Crippen LogP contribution >= 0.6 is 0 Å². The smallest absolute Gasteiger partial charge is 0.416 e. The van der Waals surface area contributed by atoms with Crippen molar-refractivity contribution in [1.29, 1.82) is 0 Å². The lowest BCUT2D eigenvalue weighted by atomic mass is 9.95. The van der Waals surface area contributed by atoms with Gasteiger partial charge in [0.25, 0.3) is 5.91 Å². The topological polar surface area (TPSA) is 71.3 Å². The standard InChI is InChI=1S/C36H33F3N2O3/c1-23(2)20-32(26-8-10-27(11-9-26)35(44)40-19-18-34(42)43)41-31-17-14-28(24-12-15-30(16-13-24)36(37,38)39)21-29(31)22-33(41)25-6-4-3-5-7-25/h3-17,21-23,32H,18-20H2,1-2H3,(H,40,44)(H,42,43). The van der Waals surface area contributed by atoms with Gasteiger partial charge in [0.15, 0.2) is 0 Å². The monoisotopic (exact) mass is 598 g/mol. The summed E-state index contributed by atoms with van der Waals surface area (Å²) in [6, 6.07) is 30.7. The Bertz CT molecular complexity index is 1760. The minimum atomic E-state index is -4.39. The molecule has 0 saturated heterocycles. The van der Waals surface area contributed by atoms with Gasteiger partial charge in [-0.1, -0.05) is 74.5 Å². The molecule has 5 nitrogen and oxygen atoms in total. The van der Waals surface area contributed by atoms with Crippen LogP contribution in [0.2, 0.25) is 0 Å². The van der Waals surface area contributed by atoms with E-state index in [9.17, 15) is 22.8 Å². The van der Waals surface area contributed by atoms with Crippen molar-refractivity contribution in [3.8, 4) is 22.4 Å². The molecule has 1 atom stereocenters. The number of alkyl halides is 3. The molecule has 0 aliphatic heterocycles. The van der Waals surface area contributed by atoms with Gasteiger partial charge in [-0.15, -0.1) is 0 Å². The molecule has 0 spiro atoms. The van der Waals surface area contributed by atoms with Crippen molar-refractivity contribution in [3.05, 3.63) is 120 Å². The molecule has 1 amide bonds. The number of hydrogen-bond donors (Lipinski definition) is 2. The fraction of sp³-hybridized carbons (Fsp3) is 0.222. The number of benzene rings is 4. The zero-order valence-electron chi connectivity index (χ0n) is 24.4. The summed E-state index contributed by atoms with van der Waals surface area (Å²) in [5, 5.41) is 12.5. The summed E-state index contributed by atoms with van der Waals surface area (Å²) in [4.78, 5) is 23.4. The molecule has 0 bridgehead atoms. The van der Waals surface area contributed by atoms with Gasteiger partial charge < -0.3 is 15.0 Å². The van der Waals surface area contributed by atoms with Crippen LogP contribution in [0.25, 0.3) is 33.3 Å². The zero-order valence-corrected chi connectivity index (χ0v) is 24.4. The summed E-state index contributed by atoms with van der Waals surface area (Å²) < 4.78 is 41.7. The predicted molar refractivity (Wildman–Crippen MR) is 166 cm³/mol. The molecule has 5 aromatic rings. The first-order valence-corrected chi connectivity index (χ1v) is 14.5. The number of carboxylic acids is 1. The van der Waals surface area contributed by atoms with E-state index in [1.807, 2.05) is 48.5 Å². The van der Waals surface area contributed by atoms with E-state index in [0.717, 1.165) is 51.8 Å². The van der Waals surface area contributed by atoms with E-state index in [1.165, 1.54) is 12.1 Å². The Labute approximate surface area is 254 Å². The van der Waals surface area contributed by atoms with Crippen LogP contribution in [-0.2, 0) is 11.0 Å². The number of carbonyl (C=O) groups excluding carboxylic acids is 1. The van der Waals surface area contributed by atoms with Crippen LogP contribution in [0.1, 0.15) is 54.2 Å². The number of carboxylic acid groups (broad SMARTS) is 1. The second-order valence-electron chi connectivity index (χ2n) is 11.3. The highest BCUT2D eigenvalue weighted by molar-refractivity contribution is 5.94. The highest BCUT2D eigenvalue weighted by atomic mass is 19.4. The molecule has 226 valence electrons. The number of fused-ring (bicyclic) bond motifs is 1. The number of rotatable bonds is 10. The molecule has 44 heavy (non-hydrogen) atoms. The molecule has 0 saturated carbocycles. The summed E-state index contributed by atoms with van der Waals surface area (Å²) in [6.07, 6.45) is -3.73. The molecule has 0 aliphatic carbocycles. The Morgan fingerprint density at radius 2 is 1.48 bits per heavy atom. The average molecular weight is 599 g/mol. The third kappa shape index (κ3) is 6.86. The van der Waals surface area contributed by atoms with Crippen molar-refractivity contribution in [2.75, 3.05) is 6.54 Å². The lowest BCUT2D eigenvalue weighted by Gasteiger charge is -2.26. The average Bonchev–Trinajstić information content (AvgIpc) is 3.38. The van der Waals surface area contributed by atoms with Crippen LogP contribution in [0.15, 0.2) is 103 Å². The van der Waals surface area contributed by atoms with Crippen molar-refractivity contribution in [2.45, 2.75) is 38.9 Å². The minimum Gasteiger partial charge on any atom is -0.481 e. The van der Waals surface area contributed by atoms with Crippen molar-refractivity contribution < 1.29 is 27.9 Å². The molecular weight excluding hydrogens is 565 g/mol. The summed E-state index contributed by atoms with van der Waals surface area (Å²) in [5.41, 5.74) is 5.33. The van der Waals surface area contributed by atoms with Gasteiger partial charge in [-0.3, -0.25) is 9.59 Å². The van der Waals surface area contributed by atoms with Gasteiger partial charge in [0.2, 0.25) is 0 Å². The Morgan fingerprint density at radius 1 is 0.818 bits per heavy atom. The number of aliphatic carboxylic acids is 1. The van der Waals surface area contributed by atoms with E-state index in [0.29, 0.717) is 17.0 Å². The summed E-state index contributed by atoms with van der Waals surface area (Å²) in [6.45, 7) is 4.37. The fourth-order valence-electron chi connectivity index (χ4n) is 5.51. The first kappa shape index (κ1) is 30.6. The number of amides is 1. The van der Waals surface area contributed by atoms with Crippen LogP contribution in [0, 0.1) is 5.92 Å². The molecule has 0 aliphatic rings.